The van der Waals surface area contributed by atoms with Crippen LogP contribution in [0.3, 0.4) is 0 Å². The summed E-state index contributed by atoms with van der Waals surface area (Å²) in [5.41, 5.74) is 8.47. The molecule has 0 aliphatic rings. The smallest absolute Gasteiger partial charge is 0.123 e. The molecule has 22 heavy (non-hydrogen) atoms. The molecule has 0 saturated carbocycles. The molecule has 118 valence electrons. The second-order valence-corrected chi connectivity index (χ2v) is 8.13. The number of hydrogen-bond acceptors (Lipinski definition) is 4. The number of hydrogen-bond donors (Lipinski definition) is 2. The second-order valence-electron chi connectivity index (χ2n) is 6.13. The zero-order valence-corrected chi connectivity index (χ0v) is 14.1. The number of nitrogens with one attached hydrogen (secondary N) is 1. The van der Waals surface area contributed by atoms with Gasteiger partial charge in [0.2, 0.25) is 0 Å². The highest BCUT2D eigenvalue weighted by Crippen LogP contribution is 2.28. The Bertz CT molecular complexity index is 668. The first-order valence-corrected chi connectivity index (χ1v) is 8.29. The molecule has 2 heterocycles. The highest BCUT2D eigenvalue weighted by molar-refractivity contribution is 7.84. The van der Waals surface area contributed by atoms with E-state index in [0.29, 0.717) is 5.82 Å². The van der Waals surface area contributed by atoms with Crippen LogP contribution in [0.5, 0.6) is 0 Å². The molecule has 0 aromatic carbocycles. The Labute approximate surface area is 134 Å². The Morgan fingerprint density at radius 2 is 2.00 bits per heavy atom. The van der Waals surface area contributed by atoms with Gasteiger partial charge in [0, 0.05) is 24.0 Å². The largest absolute Gasteiger partial charge is 0.384 e. The summed E-state index contributed by atoms with van der Waals surface area (Å²) in [4.78, 5) is 8.53. The summed E-state index contributed by atoms with van der Waals surface area (Å²) in [6.07, 6.45) is 3.45. The molecular formula is C16H22N4OS. The number of anilines is 1. The molecular weight excluding hydrogens is 296 g/mol. The van der Waals surface area contributed by atoms with Crippen molar-refractivity contribution in [2.75, 3.05) is 5.73 Å². The number of nitrogens with two attached hydrogens (primary N) is 1. The lowest BCUT2D eigenvalue weighted by molar-refractivity contribution is 0.616. The SMILES string of the molecule is C[C@@H](N[S@@](=O)C(C)(C)C)c1cc(N)ncc1-c1ccccn1. The first-order chi connectivity index (χ1) is 10.3. The molecule has 0 aliphatic carbocycles. The average Bonchev–Trinajstić information content (AvgIpc) is 2.47. The molecule has 0 amide bonds. The maximum Gasteiger partial charge on any atom is 0.123 e. The average molecular weight is 318 g/mol. The van der Waals surface area contributed by atoms with E-state index in [-0.39, 0.29) is 10.8 Å². The van der Waals surface area contributed by atoms with Gasteiger partial charge in [0.15, 0.2) is 0 Å². The van der Waals surface area contributed by atoms with Gasteiger partial charge in [-0.25, -0.2) is 13.9 Å². The molecule has 0 radical (unpaired) electrons. The molecule has 0 unspecified atom stereocenters. The van der Waals surface area contributed by atoms with Crippen molar-refractivity contribution in [2.24, 2.45) is 0 Å². The van der Waals surface area contributed by atoms with Gasteiger partial charge in [-0.1, -0.05) is 6.07 Å². The van der Waals surface area contributed by atoms with Crippen LogP contribution in [-0.2, 0) is 11.0 Å². The topological polar surface area (TPSA) is 80.9 Å². The molecule has 0 saturated heterocycles. The van der Waals surface area contributed by atoms with E-state index in [1.807, 2.05) is 52.0 Å². The van der Waals surface area contributed by atoms with E-state index < -0.39 is 11.0 Å². The van der Waals surface area contributed by atoms with Gasteiger partial charge in [-0.15, -0.1) is 0 Å². The summed E-state index contributed by atoms with van der Waals surface area (Å²) in [5, 5.41) is 0. The van der Waals surface area contributed by atoms with E-state index in [2.05, 4.69) is 14.7 Å². The Morgan fingerprint density at radius 1 is 1.27 bits per heavy atom. The fourth-order valence-corrected chi connectivity index (χ4v) is 2.78. The van der Waals surface area contributed by atoms with E-state index in [1.54, 1.807) is 12.4 Å². The monoisotopic (exact) mass is 318 g/mol. The first kappa shape index (κ1) is 16.6. The summed E-state index contributed by atoms with van der Waals surface area (Å²) in [7, 11) is -1.17. The van der Waals surface area contributed by atoms with Gasteiger partial charge in [-0.2, -0.15) is 0 Å². The van der Waals surface area contributed by atoms with E-state index in [1.165, 1.54) is 0 Å². The van der Waals surface area contributed by atoms with Crippen LogP contribution in [0.15, 0.2) is 36.7 Å². The fourth-order valence-electron chi connectivity index (χ4n) is 1.98. The lowest BCUT2D eigenvalue weighted by atomic mass is 10.0. The Morgan fingerprint density at radius 3 is 2.59 bits per heavy atom. The van der Waals surface area contributed by atoms with E-state index in [9.17, 15) is 4.21 Å². The lowest BCUT2D eigenvalue weighted by Crippen LogP contribution is -2.35. The van der Waals surface area contributed by atoms with Gasteiger partial charge in [0.25, 0.3) is 0 Å². The Kier molecular flexibility index (Phi) is 4.93. The van der Waals surface area contributed by atoms with Crippen molar-refractivity contribution in [2.45, 2.75) is 38.5 Å². The van der Waals surface area contributed by atoms with E-state index in [4.69, 9.17) is 5.73 Å². The predicted octanol–water partition coefficient (Wildman–Crippen LogP) is 2.84. The minimum atomic E-state index is -1.17. The molecule has 5 nitrogen and oxygen atoms in total. The second kappa shape index (κ2) is 6.54. The number of aromatic nitrogens is 2. The third-order valence-electron chi connectivity index (χ3n) is 3.20. The summed E-state index contributed by atoms with van der Waals surface area (Å²) < 4.78 is 15.1. The molecule has 0 bridgehead atoms. The Balaban J connectivity index is 2.38. The third kappa shape index (κ3) is 3.90. The molecule has 0 fully saturated rings. The minimum absolute atomic E-state index is 0.137. The van der Waals surface area contributed by atoms with Crippen molar-refractivity contribution < 1.29 is 4.21 Å². The van der Waals surface area contributed by atoms with Crippen LogP contribution in [0.25, 0.3) is 11.3 Å². The van der Waals surface area contributed by atoms with Gasteiger partial charge in [0.05, 0.1) is 21.4 Å². The fraction of sp³-hybridized carbons (Fsp3) is 0.375. The molecule has 6 heteroatoms. The van der Waals surface area contributed by atoms with Crippen molar-refractivity contribution in [3.8, 4) is 11.3 Å². The molecule has 2 aromatic heterocycles. The summed E-state index contributed by atoms with van der Waals surface area (Å²) in [6.45, 7) is 7.76. The van der Waals surface area contributed by atoms with E-state index >= 15 is 0 Å². The van der Waals surface area contributed by atoms with Gasteiger partial charge in [-0.3, -0.25) is 4.98 Å². The Hall–Kier alpha value is -1.79. The van der Waals surface area contributed by atoms with E-state index in [0.717, 1.165) is 16.8 Å². The lowest BCUT2D eigenvalue weighted by Gasteiger charge is -2.23. The first-order valence-electron chi connectivity index (χ1n) is 7.14. The summed E-state index contributed by atoms with van der Waals surface area (Å²) in [5.74, 6) is 0.435. The van der Waals surface area contributed by atoms with Gasteiger partial charge in [-0.05, 0) is 51.5 Å². The summed E-state index contributed by atoms with van der Waals surface area (Å²) >= 11 is 0. The van der Waals surface area contributed by atoms with Crippen LogP contribution in [0.2, 0.25) is 0 Å². The molecule has 2 atom stereocenters. The van der Waals surface area contributed by atoms with Crippen molar-refractivity contribution in [1.82, 2.24) is 14.7 Å². The predicted molar refractivity (Wildman–Crippen MR) is 91.3 cm³/mol. The van der Waals surface area contributed by atoms with Crippen molar-refractivity contribution >= 4 is 16.8 Å². The normalized spacial score (nSPS) is 14.5. The maximum atomic E-state index is 12.3. The van der Waals surface area contributed by atoms with Gasteiger partial charge < -0.3 is 5.73 Å². The van der Waals surface area contributed by atoms with Crippen LogP contribution in [0.4, 0.5) is 5.82 Å². The third-order valence-corrected chi connectivity index (χ3v) is 4.88. The van der Waals surface area contributed by atoms with Crippen molar-refractivity contribution in [3.05, 3.63) is 42.2 Å². The molecule has 2 rings (SSSR count). The van der Waals surface area contributed by atoms with Crippen LogP contribution >= 0.6 is 0 Å². The van der Waals surface area contributed by atoms with Crippen LogP contribution in [0.1, 0.15) is 39.3 Å². The minimum Gasteiger partial charge on any atom is -0.384 e. The molecule has 2 aromatic rings. The zero-order valence-electron chi connectivity index (χ0n) is 13.3. The van der Waals surface area contributed by atoms with Crippen molar-refractivity contribution in [1.29, 1.82) is 0 Å². The van der Waals surface area contributed by atoms with Crippen LogP contribution in [0, 0.1) is 0 Å². The highest BCUT2D eigenvalue weighted by atomic mass is 32.2. The molecule has 3 N–H and O–H groups in total. The molecule has 0 aliphatic heterocycles. The molecule has 0 spiro atoms. The summed E-state index contributed by atoms with van der Waals surface area (Å²) in [6, 6.07) is 7.38. The number of nitrogen functional groups attached to an aromatic ring is 1. The highest BCUT2D eigenvalue weighted by Gasteiger charge is 2.23. The number of nitrogens with zero attached hydrogens (tertiary/aromatic N) is 2. The van der Waals surface area contributed by atoms with Gasteiger partial charge >= 0.3 is 0 Å². The van der Waals surface area contributed by atoms with Crippen LogP contribution in [-0.4, -0.2) is 18.9 Å². The standard InChI is InChI=1S/C16H22N4OS/c1-11(20-22(21)16(2,3)4)12-9-15(17)19-10-13(12)14-7-5-6-8-18-14/h5-11,20H,1-4H3,(H2,17,19)/t11-,22+/m1/s1. The maximum absolute atomic E-state index is 12.3. The van der Waals surface area contributed by atoms with Gasteiger partial charge in [0.1, 0.15) is 5.82 Å². The quantitative estimate of drug-likeness (QED) is 0.908. The number of rotatable bonds is 4. The zero-order chi connectivity index (χ0) is 16.3. The van der Waals surface area contributed by atoms with Crippen molar-refractivity contribution in [3.63, 3.8) is 0 Å². The number of pyridine rings is 2. The van der Waals surface area contributed by atoms with Crippen LogP contribution < -0.4 is 10.5 Å².